The van der Waals surface area contributed by atoms with Crippen LogP contribution in [0, 0.1) is 0 Å². The minimum atomic E-state index is 0.0766. The van der Waals surface area contributed by atoms with E-state index < -0.39 is 0 Å². The van der Waals surface area contributed by atoms with Crippen molar-refractivity contribution in [2.24, 2.45) is 5.73 Å². The summed E-state index contributed by atoms with van der Waals surface area (Å²) in [4.78, 5) is 34.4. The number of nitrogens with one attached hydrogen (secondary N) is 3. The molecule has 0 saturated heterocycles. The highest BCUT2D eigenvalue weighted by Crippen LogP contribution is 2.41. The van der Waals surface area contributed by atoms with Crippen molar-refractivity contribution >= 4 is 60.6 Å². The van der Waals surface area contributed by atoms with E-state index in [1.54, 1.807) is 19.6 Å². The third-order valence-electron chi connectivity index (χ3n) is 9.59. The number of carbonyl (C=O) groups excluding carboxylic acids is 1. The number of nitrogens with zero attached hydrogens (tertiary/aromatic N) is 4. The zero-order valence-electron chi connectivity index (χ0n) is 25.0. The summed E-state index contributed by atoms with van der Waals surface area (Å²) in [6.45, 7) is 1.60. The van der Waals surface area contributed by atoms with Crippen LogP contribution in [0.4, 0.5) is 11.6 Å². The molecular weight excluding hydrogens is 577 g/mol. The molecule has 0 spiro atoms. The molecule has 5 N–H and O–H groups in total. The lowest BCUT2D eigenvalue weighted by atomic mass is 9.91. The van der Waals surface area contributed by atoms with Gasteiger partial charge in [-0.05, 0) is 101 Å². The number of rotatable bonds is 5. The number of aryl methyl sites for hydroxylation is 4. The Hall–Kier alpha value is -2.89. The van der Waals surface area contributed by atoms with Gasteiger partial charge in [-0.3, -0.25) is 4.79 Å². The minimum Gasteiger partial charge on any atom is -0.367 e. The molecule has 4 aliphatic rings. The maximum absolute atomic E-state index is 11.2. The second kappa shape index (κ2) is 12.6. The molecule has 0 atom stereocenters. The van der Waals surface area contributed by atoms with Crippen molar-refractivity contribution in [3.63, 3.8) is 0 Å². The summed E-state index contributed by atoms with van der Waals surface area (Å²) in [5.74, 6) is 2.14. The summed E-state index contributed by atoms with van der Waals surface area (Å²) in [5, 5.41) is 12.9. The van der Waals surface area contributed by atoms with E-state index in [1.165, 1.54) is 63.8 Å². The molecule has 4 aromatic heterocycles. The van der Waals surface area contributed by atoms with Gasteiger partial charge in [0.15, 0.2) is 0 Å². The molecule has 8 rings (SSSR count). The topological polar surface area (TPSA) is 131 Å². The third kappa shape index (κ3) is 6.21. The number of hydrogen-bond donors (Lipinski definition) is 4. The van der Waals surface area contributed by atoms with Crippen molar-refractivity contribution in [2.75, 3.05) is 10.6 Å². The Morgan fingerprint density at radius 2 is 1.16 bits per heavy atom. The second-order valence-corrected chi connectivity index (χ2v) is 14.8. The van der Waals surface area contributed by atoms with Gasteiger partial charge in [-0.15, -0.1) is 22.7 Å². The summed E-state index contributed by atoms with van der Waals surface area (Å²) in [5.41, 5.74) is 8.96. The fourth-order valence-electron chi connectivity index (χ4n) is 7.40. The number of amides is 1. The van der Waals surface area contributed by atoms with Gasteiger partial charge in [0.05, 0.1) is 10.8 Å². The van der Waals surface area contributed by atoms with Crippen LogP contribution in [0.2, 0.25) is 0 Å². The molecular formula is C32H42N8OS2. The van der Waals surface area contributed by atoms with Crippen LogP contribution in [0.15, 0.2) is 12.7 Å². The molecule has 0 bridgehead atoms. The largest absolute Gasteiger partial charge is 0.367 e. The van der Waals surface area contributed by atoms with E-state index in [0.717, 1.165) is 79.1 Å². The summed E-state index contributed by atoms with van der Waals surface area (Å²) in [6.07, 6.45) is 19.4. The molecule has 4 aliphatic carbocycles. The van der Waals surface area contributed by atoms with E-state index in [1.807, 2.05) is 22.7 Å². The number of fused-ring (bicyclic) bond motifs is 6. The Morgan fingerprint density at radius 1 is 0.698 bits per heavy atom. The van der Waals surface area contributed by atoms with Crippen molar-refractivity contribution in [3.05, 3.63) is 33.5 Å². The van der Waals surface area contributed by atoms with Crippen molar-refractivity contribution in [1.82, 2.24) is 25.3 Å². The van der Waals surface area contributed by atoms with Gasteiger partial charge in [0, 0.05) is 40.8 Å². The molecule has 1 amide bonds. The average Bonchev–Trinajstić information content (AvgIpc) is 3.77. The fourth-order valence-corrected chi connectivity index (χ4v) is 9.85. The van der Waals surface area contributed by atoms with Crippen molar-refractivity contribution in [3.8, 4) is 0 Å². The lowest BCUT2D eigenvalue weighted by Gasteiger charge is -2.29. The first-order chi connectivity index (χ1) is 21.0. The average molecular weight is 619 g/mol. The number of nitrogens with two attached hydrogens (primary N) is 1. The van der Waals surface area contributed by atoms with Gasteiger partial charge in [0.2, 0.25) is 5.91 Å². The molecule has 43 heavy (non-hydrogen) atoms. The van der Waals surface area contributed by atoms with Crippen LogP contribution in [-0.4, -0.2) is 50.0 Å². The van der Waals surface area contributed by atoms with Crippen LogP contribution in [0.25, 0.3) is 20.4 Å². The molecule has 2 saturated carbocycles. The SMILES string of the molecule is CC(=O)NC1CCC(Nc2ncnc3sc4c(c23)CCC4)CC1.NC1CCC(Nc2ncnc3sc4c(c23)CCC4)CC1. The summed E-state index contributed by atoms with van der Waals surface area (Å²) in [7, 11) is 0. The summed E-state index contributed by atoms with van der Waals surface area (Å²) in [6, 6.07) is 1.69. The number of aromatic nitrogens is 4. The molecule has 4 heterocycles. The highest BCUT2D eigenvalue weighted by molar-refractivity contribution is 7.19. The molecule has 11 heteroatoms. The highest BCUT2D eigenvalue weighted by atomic mass is 32.1. The highest BCUT2D eigenvalue weighted by Gasteiger charge is 2.26. The molecule has 9 nitrogen and oxygen atoms in total. The Balaban J connectivity index is 0.000000141. The normalized spacial score (nSPS) is 24.7. The van der Waals surface area contributed by atoms with Gasteiger partial charge < -0.3 is 21.7 Å². The predicted molar refractivity (Wildman–Crippen MR) is 176 cm³/mol. The fraction of sp³-hybridized carbons (Fsp3) is 0.594. The minimum absolute atomic E-state index is 0.0766. The standard InChI is InChI=1S/C17H22N4OS.C15H20N4S/c1-10(22)20-11-5-7-12(8-6-11)21-16-15-13-3-2-4-14(13)23-17(15)19-9-18-16;16-9-4-6-10(7-5-9)19-14-13-11-2-1-3-12(11)20-15(13)18-8-17-14/h9,11-12H,2-8H2,1H3,(H,20,22)(H,18,19,21);8-10H,1-7,16H2,(H,17,18,19). The van der Waals surface area contributed by atoms with E-state index >= 15 is 0 Å². The number of hydrogen-bond acceptors (Lipinski definition) is 10. The monoisotopic (exact) mass is 618 g/mol. The van der Waals surface area contributed by atoms with Crippen LogP contribution in [0.3, 0.4) is 0 Å². The van der Waals surface area contributed by atoms with Crippen molar-refractivity contribution in [1.29, 1.82) is 0 Å². The van der Waals surface area contributed by atoms with E-state index in [2.05, 4.69) is 35.9 Å². The first kappa shape index (κ1) is 28.9. The smallest absolute Gasteiger partial charge is 0.217 e. The maximum atomic E-state index is 11.2. The van der Waals surface area contributed by atoms with Crippen LogP contribution >= 0.6 is 22.7 Å². The Morgan fingerprint density at radius 3 is 1.65 bits per heavy atom. The van der Waals surface area contributed by atoms with Gasteiger partial charge in [0.25, 0.3) is 0 Å². The molecule has 4 aromatic rings. The molecule has 0 aliphatic heterocycles. The lowest BCUT2D eigenvalue weighted by Crippen LogP contribution is -2.39. The first-order valence-corrected chi connectivity index (χ1v) is 17.7. The number of thiophene rings is 2. The van der Waals surface area contributed by atoms with Gasteiger partial charge >= 0.3 is 0 Å². The molecule has 0 radical (unpaired) electrons. The van der Waals surface area contributed by atoms with Crippen LogP contribution in [0.1, 0.15) is 92.0 Å². The molecule has 228 valence electrons. The number of carbonyl (C=O) groups is 1. The van der Waals surface area contributed by atoms with Crippen LogP contribution in [-0.2, 0) is 30.5 Å². The van der Waals surface area contributed by atoms with Gasteiger partial charge in [-0.1, -0.05) is 0 Å². The van der Waals surface area contributed by atoms with E-state index in [4.69, 9.17) is 5.73 Å². The third-order valence-corrected chi connectivity index (χ3v) is 12.0. The Bertz CT molecular complexity index is 1600. The van der Waals surface area contributed by atoms with E-state index in [-0.39, 0.29) is 5.91 Å². The maximum Gasteiger partial charge on any atom is 0.217 e. The Kier molecular flexibility index (Phi) is 8.46. The first-order valence-electron chi connectivity index (χ1n) is 16.1. The van der Waals surface area contributed by atoms with Crippen molar-refractivity contribution < 1.29 is 4.79 Å². The quantitative estimate of drug-likeness (QED) is 0.218. The predicted octanol–water partition coefficient (Wildman–Crippen LogP) is 5.90. The zero-order valence-corrected chi connectivity index (χ0v) is 26.6. The lowest BCUT2D eigenvalue weighted by molar-refractivity contribution is -0.119. The molecule has 2 fully saturated rings. The van der Waals surface area contributed by atoms with E-state index in [9.17, 15) is 4.79 Å². The summed E-state index contributed by atoms with van der Waals surface area (Å²) < 4.78 is 0. The molecule has 0 aromatic carbocycles. The van der Waals surface area contributed by atoms with Crippen LogP contribution < -0.4 is 21.7 Å². The van der Waals surface area contributed by atoms with Gasteiger partial charge in [-0.2, -0.15) is 0 Å². The second-order valence-electron chi connectivity index (χ2n) is 12.7. The van der Waals surface area contributed by atoms with Crippen molar-refractivity contribution in [2.45, 2.75) is 121 Å². The molecule has 0 unspecified atom stereocenters. The van der Waals surface area contributed by atoms with E-state index in [0.29, 0.717) is 24.2 Å². The van der Waals surface area contributed by atoms with Crippen LogP contribution in [0.5, 0.6) is 0 Å². The van der Waals surface area contributed by atoms with Gasteiger partial charge in [-0.25, -0.2) is 19.9 Å². The van der Waals surface area contributed by atoms with Gasteiger partial charge in [0.1, 0.15) is 34.0 Å². The summed E-state index contributed by atoms with van der Waals surface area (Å²) >= 11 is 3.68. The Labute approximate surface area is 260 Å². The number of anilines is 2. The zero-order chi connectivity index (χ0) is 29.3.